The van der Waals surface area contributed by atoms with Crippen LogP contribution in [0.3, 0.4) is 0 Å². The van der Waals surface area contributed by atoms with Crippen molar-refractivity contribution < 1.29 is 4.79 Å². The third-order valence-corrected chi connectivity index (χ3v) is 5.82. The number of hydrogen-bond acceptors (Lipinski definition) is 4. The Morgan fingerprint density at radius 3 is 2.79 bits per heavy atom. The summed E-state index contributed by atoms with van der Waals surface area (Å²) >= 11 is 12.9. The van der Waals surface area contributed by atoms with Crippen LogP contribution in [0, 0.1) is 18.3 Å². The Hall–Kier alpha value is -1.29. The van der Waals surface area contributed by atoms with Gasteiger partial charge in [-0.15, -0.1) is 0 Å². The summed E-state index contributed by atoms with van der Waals surface area (Å²) in [6.07, 6.45) is 2.61. The first-order valence-electron chi connectivity index (χ1n) is 7.88. The first-order valence-corrected chi connectivity index (χ1v) is 9.65. The Labute approximate surface area is 157 Å². The first kappa shape index (κ1) is 19.0. The molecule has 7 heteroatoms. The zero-order chi connectivity index (χ0) is 17.5. The molecule has 4 nitrogen and oxygen atoms in total. The average molecular weight is 382 g/mol. The zero-order valence-corrected chi connectivity index (χ0v) is 16.0. The third-order valence-electron chi connectivity index (χ3n) is 3.88. The van der Waals surface area contributed by atoms with Gasteiger partial charge in [-0.2, -0.15) is 5.26 Å². The van der Waals surface area contributed by atoms with Crippen LogP contribution in [0.25, 0.3) is 0 Å². The number of carbonyl (C=O) groups is 1. The van der Waals surface area contributed by atoms with E-state index in [-0.39, 0.29) is 18.1 Å². The summed E-state index contributed by atoms with van der Waals surface area (Å²) < 4.78 is 0.786. The molecule has 1 aromatic carbocycles. The highest BCUT2D eigenvalue weighted by Crippen LogP contribution is 2.24. The Bertz CT molecular complexity index is 654. The second-order valence-electron chi connectivity index (χ2n) is 5.64. The molecule has 0 aromatic heterocycles. The summed E-state index contributed by atoms with van der Waals surface area (Å²) in [5, 5.41) is 9.53. The van der Waals surface area contributed by atoms with Crippen molar-refractivity contribution in [3.8, 4) is 6.07 Å². The minimum Gasteiger partial charge on any atom is -0.358 e. The molecule has 1 aromatic rings. The van der Waals surface area contributed by atoms with Crippen molar-refractivity contribution in [3.05, 3.63) is 28.8 Å². The highest BCUT2D eigenvalue weighted by Gasteiger charge is 2.20. The number of halogens is 1. The van der Waals surface area contributed by atoms with Crippen LogP contribution in [0.15, 0.2) is 18.2 Å². The number of likely N-dealkylation sites (tertiary alicyclic amines) is 1. The van der Waals surface area contributed by atoms with E-state index in [9.17, 15) is 4.79 Å². The zero-order valence-electron chi connectivity index (χ0n) is 13.6. The summed E-state index contributed by atoms with van der Waals surface area (Å²) in [6.45, 7) is 4.23. The SMILES string of the molecule is Cc1cc(N(CCC#N)C(=O)CSC(=S)N2CCCC2)ccc1Cl. The second-order valence-corrected chi connectivity index (χ2v) is 7.65. The van der Waals surface area contributed by atoms with Gasteiger partial charge in [0.05, 0.1) is 18.2 Å². The number of anilines is 1. The van der Waals surface area contributed by atoms with Crippen LogP contribution < -0.4 is 4.90 Å². The van der Waals surface area contributed by atoms with Crippen LogP contribution >= 0.6 is 35.6 Å². The molecular formula is C17H20ClN3OS2. The maximum absolute atomic E-state index is 12.6. The van der Waals surface area contributed by atoms with Crippen molar-refractivity contribution in [1.29, 1.82) is 5.26 Å². The standard InChI is InChI=1S/C17H20ClN3OS2/c1-13-11-14(5-6-15(13)18)21(10-4-7-19)16(22)12-24-17(23)20-8-2-3-9-20/h5-6,11H,2-4,8-10,12H2,1H3. The number of nitrogens with zero attached hydrogens (tertiary/aromatic N) is 3. The van der Waals surface area contributed by atoms with Crippen molar-refractivity contribution in [2.45, 2.75) is 26.2 Å². The molecule has 0 atom stereocenters. The molecule has 0 radical (unpaired) electrons. The minimum atomic E-state index is -0.0430. The predicted molar refractivity (Wildman–Crippen MR) is 105 cm³/mol. The van der Waals surface area contributed by atoms with Crippen molar-refractivity contribution in [1.82, 2.24) is 4.90 Å². The summed E-state index contributed by atoms with van der Waals surface area (Å²) in [4.78, 5) is 16.4. The monoisotopic (exact) mass is 381 g/mol. The highest BCUT2D eigenvalue weighted by molar-refractivity contribution is 8.23. The van der Waals surface area contributed by atoms with Gasteiger partial charge in [-0.3, -0.25) is 4.79 Å². The molecule has 1 heterocycles. The number of carbonyl (C=O) groups excluding carboxylic acids is 1. The Morgan fingerprint density at radius 2 is 2.17 bits per heavy atom. The molecule has 0 aliphatic carbocycles. The predicted octanol–water partition coefficient (Wildman–Crippen LogP) is 4.01. The Kier molecular flexibility index (Phi) is 7.35. The van der Waals surface area contributed by atoms with Gasteiger partial charge in [0, 0.05) is 30.3 Å². The lowest BCUT2D eigenvalue weighted by atomic mass is 10.2. The summed E-state index contributed by atoms with van der Waals surface area (Å²) in [6, 6.07) is 7.57. The molecule has 1 aliphatic rings. The molecule has 1 fully saturated rings. The Morgan fingerprint density at radius 1 is 1.46 bits per heavy atom. The maximum Gasteiger partial charge on any atom is 0.237 e. The molecule has 0 saturated carbocycles. The number of rotatable bonds is 5. The molecule has 128 valence electrons. The van der Waals surface area contributed by atoms with E-state index in [1.807, 2.05) is 19.1 Å². The van der Waals surface area contributed by atoms with Gasteiger partial charge in [0.15, 0.2) is 0 Å². The van der Waals surface area contributed by atoms with Gasteiger partial charge in [0.1, 0.15) is 4.32 Å². The smallest absolute Gasteiger partial charge is 0.237 e. The fourth-order valence-electron chi connectivity index (χ4n) is 2.55. The van der Waals surface area contributed by atoms with Gasteiger partial charge in [0.2, 0.25) is 5.91 Å². The van der Waals surface area contributed by atoms with Crippen LogP contribution in [0.4, 0.5) is 5.69 Å². The third kappa shape index (κ3) is 5.10. The van der Waals surface area contributed by atoms with E-state index in [4.69, 9.17) is 29.1 Å². The fourth-order valence-corrected chi connectivity index (χ4v) is 3.79. The molecule has 1 saturated heterocycles. The topological polar surface area (TPSA) is 47.3 Å². The van der Waals surface area contributed by atoms with Gasteiger partial charge in [-0.05, 0) is 43.5 Å². The van der Waals surface area contributed by atoms with Gasteiger partial charge in [-0.25, -0.2) is 0 Å². The van der Waals surface area contributed by atoms with E-state index in [0.717, 1.165) is 41.5 Å². The number of aryl methyl sites for hydroxylation is 1. The molecule has 0 bridgehead atoms. The van der Waals surface area contributed by atoms with E-state index >= 15 is 0 Å². The normalized spacial score (nSPS) is 13.6. The molecule has 0 spiro atoms. The van der Waals surface area contributed by atoms with Crippen molar-refractivity contribution in [2.75, 3.05) is 30.3 Å². The summed E-state index contributed by atoms with van der Waals surface area (Å²) in [7, 11) is 0. The summed E-state index contributed by atoms with van der Waals surface area (Å²) in [5.41, 5.74) is 1.68. The number of benzene rings is 1. The van der Waals surface area contributed by atoms with Crippen molar-refractivity contribution in [2.24, 2.45) is 0 Å². The minimum absolute atomic E-state index is 0.0430. The molecule has 2 rings (SSSR count). The van der Waals surface area contributed by atoms with E-state index in [1.165, 1.54) is 11.8 Å². The number of hydrogen-bond donors (Lipinski definition) is 0. The number of amides is 1. The van der Waals surface area contributed by atoms with Gasteiger partial charge in [0.25, 0.3) is 0 Å². The molecule has 24 heavy (non-hydrogen) atoms. The highest BCUT2D eigenvalue weighted by atomic mass is 35.5. The van der Waals surface area contributed by atoms with Crippen LogP contribution in [0.5, 0.6) is 0 Å². The first-order chi connectivity index (χ1) is 11.5. The molecule has 0 N–H and O–H groups in total. The maximum atomic E-state index is 12.6. The molecule has 1 amide bonds. The van der Waals surface area contributed by atoms with E-state index in [0.29, 0.717) is 11.6 Å². The number of nitriles is 1. The quantitative estimate of drug-likeness (QED) is 0.721. The number of thiocarbonyl (C=S) groups is 1. The lowest BCUT2D eigenvalue weighted by Crippen LogP contribution is -2.34. The van der Waals surface area contributed by atoms with Crippen molar-refractivity contribution in [3.63, 3.8) is 0 Å². The van der Waals surface area contributed by atoms with Crippen molar-refractivity contribution >= 4 is 51.5 Å². The van der Waals surface area contributed by atoms with E-state index < -0.39 is 0 Å². The summed E-state index contributed by atoms with van der Waals surface area (Å²) in [5.74, 6) is 0.237. The fraction of sp³-hybridized carbons (Fsp3) is 0.471. The molecule has 1 aliphatic heterocycles. The van der Waals surface area contributed by atoms with Crippen LogP contribution in [-0.4, -0.2) is 40.5 Å². The van der Waals surface area contributed by atoms with Crippen LogP contribution in [0.1, 0.15) is 24.8 Å². The van der Waals surface area contributed by atoms with Crippen LogP contribution in [0.2, 0.25) is 5.02 Å². The average Bonchev–Trinajstić information content (AvgIpc) is 3.10. The second kappa shape index (κ2) is 9.26. The van der Waals surface area contributed by atoms with Gasteiger partial charge < -0.3 is 9.80 Å². The van der Waals surface area contributed by atoms with E-state index in [2.05, 4.69) is 11.0 Å². The molecule has 0 unspecified atom stereocenters. The van der Waals surface area contributed by atoms with Gasteiger partial charge >= 0.3 is 0 Å². The lowest BCUT2D eigenvalue weighted by molar-refractivity contribution is -0.116. The molecular weight excluding hydrogens is 362 g/mol. The van der Waals surface area contributed by atoms with Gasteiger partial charge in [-0.1, -0.05) is 35.6 Å². The lowest BCUT2D eigenvalue weighted by Gasteiger charge is -2.23. The number of thioether (sulfide) groups is 1. The van der Waals surface area contributed by atoms with Crippen LogP contribution in [-0.2, 0) is 4.79 Å². The largest absolute Gasteiger partial charge is 0.358 e. The Balaban J connectivity index is 2.03. The van der Waals surface area contributed by atoms with E-state index in [1.54, 1.807) is 11.0 Å².